The number of aromatic nitrogens is 5. The van der Waals surface area contributed by atoms with E-state index in [2.05, 4.69) is 20.2 Å². The number of rotatable bonds is 7. The van der Waals surface area contributed by atoms with Gasteiger partial charge < -0.3 is 20.6 Å². The molecule has 5 aromatic rings. The highest BCUT2D eigenvalue weighted by molar-refractivity contribution is 5.85. The number of anilines is 1. The number of benzene rings is 1. The van der Waals surface area contributed by atoms with Crippen molar-refractivity contribution >= 4 is 17.0 Å². The second kappa shape index (κ2) is 9.78. The quantitative estimate of drug-likeness (QED) is 0.275. The van der Waals surface area contributed by atoms with Crippen molar-refractivity contribution in [1.82, 2.24) is 25.1 Å². The summed E-state index contributed by atoms with van der Waals surface area (Å²) >= 11 is 0. The fourth-order valence-electron chi connectivity index (χ4n) is 4.12. The molecule has 0 aliphatic heterocycles. The lowest BCUT2D eigenvalue weighted by Gasteiger charge is -2.17. The van der Waals surface area contributed by atoms with Gasteiger partial charge in [0.15, 0.2) is 17.2 Å². The van der Waals surface area contributed by atoms with E-state index in [-0.39, 0.29) is 24.6 Å². The van der Waals surface area contributed by atoms with Gasteiger partial charge in [0.2, 0.25) is 0 Å². The van der Waals surface area contributed by atoms with Crippen LogP contribution in [0.1, 0.15) is 22.6 Å². The van der Waals surface area contributed by atoms with Crippen molar-refractivity contribution in [2.45, 2.75) is 32.5 Å². The maximum Gasteiger partial charge on any atom is 0.416 e. The molecule has 0 saturated carbocycles. The third-order valence-corrected chi connectivity index (χ3v) is 6.05. The van der Waals surface area contributed by atoms with Crippen molar-refractivity contribution in [3.8, 4) is 28.3 Å². The predicted octanol–water partition coefficient (Wildman–Crippen LogP) is 4.84. The Hall–Kier alpha value is -4.45. The molecule has 5 N–H and O–H groups in total. The Morgan fingerprint density at radius 3 is 2.66 bits per heavy atom. The summed E-state index contributed by atoms with van der Waals surface area (Å²) in [7, 11) is 0. The monoisotopic (exact) mass is 523 g/mol. The predicted molar refractivity (Wildman–Crippen MR) is 135 cm³/mol. The van der Waals surface area contributed by atoms with Crippen LogP contribution < -0.4 is 16.2 Å². The van der Waals surface area contributed by atoms with Gasteiger partial charge in [0.05, 0.1) is 35.1 Å². The molecule has 0 fully saturated rings. The van der Waals surface area contributed by atoms with E-state index in [9.17, 15) is 13.2 Å². The van der Waals surface area contributed by atoms with Crippen LogP contribution in [0.2, 0.25) is 0 Å². The molecule has 4 heterocycles. The molecule has 0 aliphatic carbocycles. The first-order valence-corrected chi connectivity index (χ1v) is 11.7. The van der Waals surface area contributed by atoms with E-state index in [1.807, 2.05) is 13.8 Å². The first-order valence-electron chi connectivity index (χ1n) is 11.7. The topological polar surface area (TPSA) is 142 Å². The highest BCUT2D eigenvalue weighted by Gasteiger charge is 2.30. The number of halogens is 3. The van der Waals surface area contributed by atoms with E-state index in [1.54, 1.807) is 30.7 Å². The van der Waals surface area contributed by atoms with Crippen molar-refractivity contribution in [2.24, 2.45) is 5.73 Å². The standard InChI is InChI=1S/C26H24F3N7O2/c1-13-22-25(36-35-13)32-11-20(33-22)19-10-21(24(31)34-23(19)18-6-7-37-14(18)2)38-12-17(30)9-15-4-3-5-16(8-15)26(27,28)29/h3-8,10-11,17H,9,12,30H2,1-2H3,(H2,31,34)(H,32,35,36). The van der Waals surface area contributed by atoms with E-state index in [1.165, 1.54) is 6.07 Å². The largest absolute Gasteiger partial charge is 0.488 e. The summed E-state index contributed by atoms with van der Waals surface area (Å²) < 4.78 is 50.5. The lowest BCUT2D eigenvalue weighted by Crippen LogP contribution is -2.30. The molecule has 1 aromatic carbocycles. The summed E-state index contributed by atoms with van der Waals surface area (Å²) in [6, 6.07) is 7.94. The van der Waals surface area contributed by atoms with Crippen molar-refractivity contribution in [2.75, 3.05) is 12.3 Å². The molecule has 1 unspecified atom stereocenters. The van der Waals surface area contributed by atoms with Crippen molar-refractivity contribution in [3.63, 3.8) is 0 Å². The first-order chi connectivity index (χ1) is 18.1. The van der Waals surface area contributed by atoms with Gasteiger partial charge in [-0.25, -0.2) is 15.0 Å². The molecule has 5 rings (SSSR count). The number of nitrogens with two attached hydrogens (primary N) is 2. The average molecular weight is 524 g/mol. The average Bonchev–Trinajstić information content (AvgIpc) is 3.47. The zero-order chi connectivity index (χ0) is 27.0. The number of H-pyrrole nitrogens is 1. The van der Waals surface area contributed by atoms with Crippen LogP contribution in [0.25, 0.3) is 33.7 Å². The van der Waals surface area contributed by atoms with E-state index < -0.39 is 17.8 Å². The van der Waals surface area contributed by atoms with Crippen LogP contribution in [0.5, 0.6) is 5.75 Å². The highest BCUT2D eigenvalue weighted by atomic mass is 19.4. The van der Waals surface area contributed by atoms with Crippen molar-refractivity contribution in [3.05, 3.63) is 71.4 Å². The maximum absolute atomic E-state index is 13.0. The van der Waals surface area contributed by atoms with Crippen LogP contribution in [0.15, 0.2) is 53.3 Å². The van der Waals surface area contributed by atoms with E-state index in [0.29, 0.717) is 39.4 Å². The summed E-state index contributed by atoms with van der Waals surface area (Å²) in [5.41, 5.74) is 16.4. The second-order valence-electron chi connectivity index (χ2n) is 8.91. The van der Waals surface area contributed by atoms with Crippen LogP contribution in [-0.2, 0) is 12.6 Å². The summed E-state index contributed by atoms with van der Waals surface area (Å²) in [5, 5.41) is 6.99. The minimum Gasteiger partial charge on any atom is -0.488 e. The molecule has 38 heavy (non-hydrogen) atoms. The number of hydrogen-bond donors (Lipinski definition) is 3. The van der Waals surface area contributed by atoms with Crippen molar-refractivity contribution in [1.29, 1.82) is 0 Å². The maximum atomic E-state index is 13.0. The fraction of sp³-hybridized carbons (Fsp3) is 0.231. The molecule has 12 heteroatoms. The number of nitrogens with zero attached hydrogens (tertiary/aromatic N) is 4. The van der Waals surface area contributed by atoms with Gasteiger partial charge in [-0.1, -0.05) is 18.2 Å². The molecule has 1 atom stereocenters. The Kier molecular flexibility index (Phi) is 6.49. The normalized spacial score (nSPS) is 12.7. The number of ether oxygens (including phenoxy) is 1. The number of nitrogen functional groups attached to an aromatic ring is 1. The summed E-state index contributed by atoms with van der Waals surface area (Å²) in [5.74, 6) is 1.02. The van der Waals surface area contributed by atoms with Gasteiger partial charge >= 0.3 is 6.18 Å². The van der Waals surface area contributed by atoms with Gasteiger partial charge in [-0.05, 0) is 44.0 Å². The lowest BCUT2D eigenvalue weighted by molar-refractivity contribution is -0.137. The van der Waals surface area contributed by atoms with Crippen molar-refractivity contribution < 1.29 is 22.3 Å². The zero-order valence-electron chi connectivity index (χ0n) is 20.5. The van der Waals surface area contributed by atoms with E-state index in [0.717, 1.165) is 23.4 Å². The molecule has 0 amide bonds. The molecule has 0 radical (unpaired) electrons. The fourth-order valence-corrected chi connectivity index (χ4v) is 4.12. The Morgan fingerprint density at radius 1 is 1.11 bits per heavy atom. The Morgan fingerprint density at radius 2 is 1.92 bits per heavy atom. The summed E-state index contributed by atoms with van der Waals surface area (Å²) in [6.45, 7) is 3.65. The van der Waals surface area contributed by atoms with Gasteiger partial charge in [-0.2, -0.15) is 18.3 Å². The lowest BCUT2D eigenvalue weighted by atomic mass is 10.0. The number of alkyl halides is 3. The summed E-state index contributed by atoms with van der Waals surface area (Å²) in [4.78, 5) is 13.7. The van der Waals surface area contributed by atoms with E-state index in [4.69, 9.17) is 25.6 Å². The minimum atomic E-state index is -4.43. The molecule has 9 nitrogen and oxygen atoms in total. The Labute approximate surface area is 215 Å². The van der Waals surface area contributed by atoms with Gasteiger partial charge in [-0.15, -0.1) is 0 Å². The molecular formula is C26H24F3N7O2. The third-order valence-electron chi connectivity index (χ3n) is 6.05. The van der Waals surface area contributed by atoms with Crippen LogP contribution >= 0.6 is 0 Å². The third kappa shape index (κ3) is 5.02. The number of aryl methyl sites for hydroxylation is 2. The number of hydrogen-bond acceptors (Lipinski definition) is 8. The number of aromatic amines is 1. The molecule has 4 aromatic heterocycles. The number of nitrogens with one attached hydrogen (secondary N) is 1. The number of pyridine rings is 1. The van der Waals surface area contributed by atoms with Crippen LogP contribution in [-0.4, -0.2) is 37.8 Å². The zero-order valence-corrected chi connectivity index (χ0v) is 20.5. The minimum absolute atomic E-state index is 0.00278. The van der Waals surface area contributed by atoms with Gasteiger partial charge in [0.25, 0.3) is 0 Å². The molecule has 0 saturated heterocycles. The highest BCUT2D eigenvalue weighted by Crippen LogP contribution is 2.37. The summed E-state index contributed by atoms with van der Waals surface area (Å²) in [6.07, 6.45) is -1.11. The number of furan rings is 1. The van der Waals surface area contributed by atoms with E-state index >= 15 is 0 Å². The second-order valence-corrected chi connectivity index (χ2v) is 8.91. The SMILES string of the molecule is Cc1occc1-c1nc(N)c(OCC(N)Cc2cccc(C(F)(F)F)c2)cc1-c1cnc2n[nH]c(C)c2n1. The molecule has 0 aliphatic rings. The Bertz CT molecular complexity index is 1610. The van der Waals surface area contributed by atoms with Crippen LogP contribution in [0, 0.1) is 13.8 Å². The van der Waals surface area contributed by atoms with Gasteiger partial charge in [0, 0.05) is 17.2 Å². The smallest absolute Gasteiger partial charge is 0.416 e. The first kappa shape index (κ1) is 25.2. The molecule has 0 spiro atoms. The number of fused-ring (bicyclic) bond motifs is 1. The molecule has 0 bridgehead atoms. The van der Waals surface area contributed by atoms with Crippen LogP contribution in [0.3, 0.4) is 0 Å². The Balaban J connectivity index is 1.44. The molecular weight excluding hydrogens is 499 g/mol. The van der Waals surface area contributed by atoms with Gasteiger partial charge in [0.1, 0.15) is 17.9 Å². The van der Waals surface area contributed by atoms with Crippen LogP contribution in [0.4, 0.5) is 19.0 Å². The van der Waals surface area contributed by atoms with Gasteiger partial charge in [-0.3, -0.25) is 5.10 Å². The molecule has 196 valence electrons.